The minimum atomic E-state index is 0.684. The molecule has 0 bridgehead atoms. The number of pyridine rings is 1. The summed E-state index contributed by atoms with van der Waals surface area (Å²) < 4.78 is 5.68. The van der Waals surface area contributed by atoms with E-state index in [0.29, 0.717) is 5.92 Å². The van der Waals surface area contributed by atoms with Crippen LogP contribution in [0.3, 0.4) is 0 Å². The molecule has 2 saturated carbocycles. The fourth-order valence-corrected chi connectivity index (χ4v) is 2.79. The second-order valence-electron chi connectivity index (χ2n) is 5.93. The molecule has 104 valence electrons. The van der Waals surface area contributed by atoms with E-state index in [2.05, 4.69) is 23.3 Å². The first-order chi connectivity index (χ1) is 9.36. The van der Waals surface area contributed by atoms with Crippen molar-refractivity contribution >= 4 is 0 Å². The van der Waals surface area contributed by atoms with Gasteiger partial charge >= 0.3 is 0 Å². The largest absolute Gasteiger partial charge is 0.492 e. The number of nitrogens with one attached hydrogen (secondary N) is 1. The Kier molecular flexibility index (Phi) is 4.02. The molecule has 0 saturated heterocycles. The van der Waals surface area contributed by atoms with E-state index >= 15 is 0 Å². The number of hydrogen-bond donors (Lipinski definition) is 1. The molecule has 1 N–H and O–H groups in total. The molecule has 2 aliphatic rings. The SMILES string of the molecule is CCCOc1cncc(C2CCC2CNC2CC2)c1. The van der Waals surface area contributed by atoms with Crippen LogP contribution in [0, 0.1) is 5.92 Å². The number of ether oxygens (including phenoxy) is 1. The lowest BCUT2D eigenvalue weighted by Crippen LogP contribution is -2.34. The molecule has 0 spiro atoms. The van der Waals surface area contributed by atoms with Gasteiger partial charge in [-0.15, -0.1) is 0 Å². The van der Waals surface area contributed by atoms with Gasteiger partial charge < -0.3 is 10.1 Å². The molecular formula is C16H24N2O. The Morgan fingerprint density at radius 1 is 1.26 bits per heavy atom. The average molecular weight is 260 g/mol. The molecule has 3 heteroatoms. The summed E-state index contributed by atoms with van der Waals surface area (Å²) in [6.07, 6.45) is 10.3. The highest BCUT2D eigenvalue weighted by molar-refractivity contribution is 5.28. The van der Waals surface area contributed by atoms with E-state index in [0.717, 1.165) is 30.7 Å². The normalized spacial score (nSPS) is 25.9. The van der Waals surface area contributed by atoms with Gasteiger partial charge in [0.15, 0.2) is 0 Å². The smallest absolute Gasteiger partial charge is 0.137 e. The Bertz CT molecular complexity index is 417. The third kappa shape index (κ3) is 3.27. The molecule has 2 unspecified atom stereocenters. The molecule has 3 rings (SSSR count). The van der Waals surface area contributed by atoms with Gasteiger partial charge in [-0.05, 0) is 62.1 Å². The maximum Gasteiger partial charge on any atom is 0.137 e. The van der Waals surface area contributed by atoms with Crippen molar-refractivity contribution in [2.24, 2.45) is 5.92 Å². The zero-order valence-corrected chi connectivity index (χ0v) is 11.8. The minimum Gasteiger partial charge on any atom is -0.492 e. The second-order valence-corrected chi connectivity index (χ2v) is 5.93. The lowest BCUT2D eigenvalue weighted by atomic mass is 9.70. The van der Waals surface area contributed by atoms with E-state index in [1.807, 2.05) is 12.4 Å². The van der Waals surface area contributed by atoms with Gasteiger partial charge in [-0.3, -0.25) is 4.98 Å². The van der Waals surface area contributed by atoms with E-state index in [-0.39, 0.29) is 0 Å². The Hall–Kier alpha value is -1.09. The Morgan fingerprint density at radius 3 is 2.84 bits per heavy atom. The first-order valence-electron chi connectivity index (χ1n) is 7.68. The van der Waals surface area contributed by atoms with E-state index < -0.39 is 0 Å². The molecule has 3 nitrogen and oxygen atoms in total. The Morgan fingerprint density at radius 2 is 2.16 bits per heavy atom. The van der Waals surface area contributed by atoms with Gasteiger partial charge in [0.1, 0.15) is 5.75 Å². The van der Waals surface area contributed by atoms with Crippen molar-refractivity contribution in [3.05, 3.63) is 24.0 Å². The third-order valence-corrected chi connectivity index (χ3v) is 4.30. The number of rotatable bonds is 7. The van der Waals surface area contributed by atoms with Crippen LogP contribution in [0.4, 0.5) is 0 Å². The van der Waals surface area contributed by atoms with Crippen molar-refractivity contribution in [1.29, 1.82) is 0 Å². The van der Waals surface area contributed by atoms with E-state index in [9.17, 15) is 0 Å². The highest BCUT2D eigenvalue weighted by Crippen LogP contribution is 2.42. The predicted octanol–water partition coefficient (Wildman–Crippen LogP) is 3.12. The summed E-state index contributed by atoms with van der Waals surface area (Å²) in [7, 11) is 0. The van der Waals surface area contributed by atoms with Gasteiger partial charge in [0.05, 0.1) is 12.8 Å². The summed E-state index contributed by atoms with van der Waals surface area (Å²) in [6.45, 7) is 4.08. The summed E-state index contributed by atoms with van der Waals surface area (Å²) in [4.78, 5) is 4.34. The summed E-state index contributed by atoms with van der Waals surface area (Å²) in [5.41, 5.74) is 1.36. The van der Waals surface area contributed by atoms with Crippen molar-refractivity contribution in [3.8, 4) is 5.75 Å². The van der Waals surface area contributed by atoms with Crippen LogP contribution in [-0.2, 0) is 0 Å². The van der Waals surface area contributed by atoms with Crippen molar-refractivity contribution < 1.29 is 4.74 Å². The first-order valence-corrected chi connectivity index (χ1v) is 7.68. The van der Waals surface area contributed by atoms with Crippen LogP contribution in [0.5, 0.6) is 5.75 Å². The van der Waals surface area contributed by atoms with Gasteiger partial charge in [0.2, 0.25) is 0 Å². The molecule has 2 aliphatic carbocycles. The predicted molar refractivity (Wildman–Crippen MR) is 76.5 cm³/mol. The lowest BCUT2D eigenvalue weighted by molar-refractivity contribution is 0.243. The number of aromatic nitrogens is 1. The van der Waals surface area contributed by atoms with Crippen LogP contribution >= 0.6 is 0 Å². The average Bonchev–Trinajstić information content (AvgIpc) is 3.20. The highest BCUT2D eigenvalue weighted by Gasteiger charge is 2.33. The number of nitrogens with zero attached hydrogens (tertiary/aromatic N) is 1. The Labute approximate surface area is 115 Å². The van der Waals surface area contributed by atoms with Crippen LogP contribution in [0.1, 0.15) is 50.5 Å². The van der Waals surface area contributed by atoms with Gasteiger partial charge in [0.25, 0.3) is 0 Å². The molecule has 0 aromatic carbocycles. The molecular weight excluding hydrogens is 236 g/mol. The molecule has 2 fully saturated rings. The first kappa shape index (κ1) is 12.9. The summed E-state index contributed by atoms with van der Waals surface area (Å²) >= 11 is 0. The fraction of sp³-hybridized carbons (Fsp3) is 0.688. The van der Waals surface area contributed by atoms with Crippen LogP contribution in [0.2, 0.25) is 0 Å². The topological polar surface area (TPSA) is 34.1 Å². The molecule has 0 amide bonds. The lowest BCUT2D eigenvalue weighted by Gasteiger charge is -2.37. The molecule has 0 radical (unpaired) electrons. The van der Waals surface area contributed by atoms with Crippen molar-refractivity contribution in [3.63, 3.8) is 0 Å². The van der Waals surface area contributed by atoms with Gasteiger partial charge in [-0.2, -0.15) is 0 Å². The van der Waals surface area contributed by atoms with Crippen LogP contribution in [-0.4, -0.2) is 24.2 Å². The zero-order valence-electron chi connectivity index (χ0n) is 11.8. The van der Waals surface area contributed by atoms with E-state index in [1.54, 1.807) is 0 Å². The Balaban J connectivity index is 1.57. The fourth-order valence-electron chi connectivity index (χ4n) is 2.79. The van der Waals surface area contributed by atoms with E-state index in [4.69, 9.17) is 4.74 Å². The summed E-state index contributed by atoms with van der Waals surface area (Å²) in [5, 5.41) is 3.66. The van der Waals surface area contributed by atoms with Crippen LogP contribution in [0.25, 0.3) is 0 Å². The number of hydrogen-bond acceptors (Lipinski definition) is 3. The second kappa shape index (κ2) is 5.91. The standard InChI is InChI=1S/C16H24N2O/c1-2-7-19-15-8-13(9-17-11-15)16-6-3-12(16)10-18-14-4-5-14/h8-9,11-12,14,16,18H,2-7,10H2,1H3. The van der Waals surface area contributed by atoms with Gasteiger partial charge in [-0.1, -0.05) is 6.92 Å². The summed E-state index contributed by atoms with van der Waals surface area (Å²) in [6, 6.07) is 3.01. The quantitative estimate of drug-likeness (QED) is 0.818. The molecule has 19 heavy (non-hydrogen) atoms. The van der Waals surface area contributed by atoms with E-state index in [1.165, 1.54) is 37.8 Å². The summed E-state index contributed by atoms with van der Waals surface area (Å²) in [5.74, 6) is 2.41. The van der Waals surface area contributed by atoms with Gasteiger partial charge in [0, 0.05) is 12.2 Å². The van der Waals surface area contributed by atoms with Crippen molar-refractivity contribution in [2.45, 2.75) is 51.0 Å². The molecule has 0 aliphatic heterocycles. The molecule has 1 heterocycles. The molecule has 1 aromatic heterocycles. The minimum absolute atomic E-state index is 0.684. The molecule has 2 atom stereocenters. The van der Waals surface area contributed by atoms with Gasteiger partial charge in [-0.25, -0.2) is 0 Å². The van der Waals surface area contributed by atoms with Crippen molar-refractivity contribution in [2.75, 3.05) is 13.2 Å². The van der Waals surface area contributed by atoms with Crippen LogP contribution < -0.4 is 10.1 Å². The maximum atomic E-state index is 5.68. The third-order valence-electron chi connectivity index (χ3n) is 4.30. The monoisotopic (exact) mass is 260 g/mol. The molecule has 1 aromatic rings. The maximum absolute atomic E-state index is 5.68. The van der Waals surface area contributed by atoms with Crippen LogP contribution in [0.15, 0.2) is 18.5 Å². The van der Waals surface area contributed by atoms with Crippen molar-refractivity contribution in [1.82, 2.24) is 10.3 Å². The highest BCUT2D eigenvalue weighted by atomic mass is 16.5. The zero-order chi connectivity index (χ0) is 13.1.